The molecular weight excluding hydrogens is 226 g/mol. The molecule has 0 aliphatic carbocycles. The number of benzene rings is 1. The smallest absolute Gasteiger partial charge is 0.354 e. The largest absolute Gasteiger partial charge is 0.497 e. The van der Waals surface area contributed by atoms with Crippen molar-refractivity contribution in [2.45, 2.75) is 6.42 Å². The number of carboxylic acid groups (broad SMARTS) is 1. The van der Waals surface area contributed by atoms with E-state index in [0.29, 0.717) is 17.1 Å². The molecule has 1 aromatic rings. The van der Waals surface area contributed by atoms with Crippen molar-refractivity contribution in [1.82, 2.24) is 0 Å². The van der Waals surface area contributed by atoms with Crippen molar-refractivity contribution in [3.05, 3.63) is 23.8 Å². The van der Waals surface area contributed by atoms with Gasteiger partial charge in [0.25, 0.3) is 0 Å². The average molecular weight is 239 g/mol. The fourth-order valence-electron chi connectivity index (χ4n) is 1.33. The monoisotopic (exact) mass is 239 g/mol. The first kappa shape index (κ1) is 12.8. The molecule has 2 N–H and O–H groups in total. The number of carboxylic acids is 1. The van der Waals surface area contributed by atoms with Gasteiger partial charge in [-0.05, 0) is 6.07 Å². The Kier molecular flexibility index (Phi) is 4.33. The normalized spacial score (nSPS) is 11.1. The summed E-state index contributed by atoms with van der Waals surface area (Å²) >= 11 is 0. The summed E-state index contributed by atoms with van der Waals surface area (Å²) < 4.78 is 10.1. The summed E-state index contributed by atoms with van der Waals surface area (Å²) in [6.07, 6.45) is -0.0288. The molecular formula is C11H13NO5. The lowest BCUT2D eigenvalue weighted by atomic mass is 10.1. The SMILES string of the molecule is COc1ccc(CC(=NO)C(=O)O)c(OC)c1. The van der Waals surface area contributed by atoms with E-state index in [4.69, 9.17) is 19.8 Å². The summed E-state index contributed by atoms with van der Waals surface area (Å²) in [5.41, 5.74) is 0.247. The topological polar surface area (TPSA) is 88.4 Å². The van der Waals surface area contributed by atoms with E-state index in [-0.39, 0.29) is 12.1 Å². The molecule has 0 aliphatic rings. The van der Waals surface area contributed by atoms with Crippen molar-refractivity contribution in [2.24, 2.45) is 5.16 Å². The van der Waals surface area contributed by atoms with E-state index in [2.05, 4.69) is 5.16 Å². The van der Waals surface area contributed by atoms with Crippen molar-refractivity contribution in [3.8, 4) is 11.5 Å². The first-order valence-electron chi connectivity index (χ1n) is 4.77. The fourth-order valence-corrected chi connectivity index (χ4v) is 1.33. The Balaban J connectivity index is 3.02. The van der Waals surface area contributed by atoms with Crippen molar-refractivity contribution in [1.29, 1.82) is 0 Å². The molecule has 0 aromatic heterocycles. The highest BCUT2D eigenvalue weighted by molar-refractivity contribution is 6.35. The van der Waals surface area contributed by atoms with Crippen LogP contribution in [0, 0.1) is 0 Å². The van der Waals surface area contributed by atoms with Crippen LogP contribution in [0.25, 0.3) is 0 Å². The molecule has 6 heteroatoms. The van der Waals surface area contributed by atoms with Gasteiger partial charge in [0.1, 0.15) is 11.5 Å². The lowest BCUT2D eigenvalue weighted by molar-refractivity contribution is -0.129. The van der Waals surface area contributed by atoms with Crippen LogP contribution in [-0.2, 0) is 11.2 Å². The summed E-state index contributed by atoms with van der Waals surface area (Å²) in [7, 11) is 2.99. The molecule has 1 rings (SSSR count). The molecule has 0 spiro atoms. The Hall–Kier alpha value is -2.24. The van der Waals surface area contributed by atoms with E-state index in [9.17, 15) is 4.79 Å². The standard InChI is InChI=1S/C11H13NO5/c1-16-8-4-3-7(10(6-8)17-2)5-9(12-15)11(13)14/h3-4,6,15H,5H2,1-2H3,(H,13,14). The van der Waals surface area contributed by atoms with Crippen molar-refractivity contribution >= 4 is 11.7 Å². The number of ether oxygens (including phenoxy) is 2. The molecule has 0 radical (unpaired) electrons. The molecule has 0 atom stereocenters. The minimum Gasteiger partial charge on any atom is -0.497 e. The van der Waals surface area contributed by atoms with Gasteiger partial charge < -0.3 is 19.8 Å². The maximum Gasteiger partial charge on any atom is 0.354 e. The number of carbonyl (C=O) groups is 1. The van der Waals surface area contributed by atoms with Crippen LogP contribution < -0.4 is 9.47 Å². The Labute approximate surface area is 98.1 Å². The van der Waals surface area contributed by atoms with Gasteiger partial charge >= 0.3 is 5.97 Å². The number of nitrogens with zero attached hydrogens (tertiary/aromatic N) is 1. The van der Waals surface area contributed by atoms with Gasteiger partial charge in [-0.3, -0.25) is 0 Å². The van der Waals surface area contributed by atoms with E-state index in [1.54, 1.807) is 18.2 Å². The predicted molar refractivity (Wildman–Crippen MR) is 60.1 cm³/mol. The summed E-state index contributed by atoms with van der Waals surface area (Å²) in [6.45, 7) is 0. The van der Waals surface area contributed by atoms with Crippen molar-refractivity contribution < 1.29 is 24.6 Å². The molecule has 0 aliphatic heterocycles. The molecule has 0 heterocycles. The van der Waals surface area contributed by atoms with Crippen molar-refractivity contribution in [2.75, 3.05) is 14.2 Å². The van der Waals surface area contributed by atoms with Crippen LogP contribution in [0.2, 0.25) is 0 Å². The third kappa shape index (κ3) is 3.10. The van der Waals surface area contributed by atoms with Gasteiger partial charge in [0.15, 0.2) is 5.71 Å². The van der Waals surface area contributed by atoms with Crippen LogP contribution >= 0.6 is 0 Å². The van der Waals surface area contributed by atoms with E-state index in [1.807, 2.05) is 0 Å². The number of methoxy groups -OCH3 is 2. The quantitative estimate of drug-likeness (QED) is 0.457. The highest BCUT2D eigenvalue weighted by Crippen LogP contribution is 2.25. The Morgan fingerprint density at radius 1 is 1.35 bits per heavy atom. The van der Waals surface area contributed by atoms with Crippen LogP contribution in [0.3, 0.4) is 0 Å². The van der Waals surface area contributed by atoms with Gasteiger partial charge in [0.2, 0.25) is 0 Å². The third-order valence-corrected chi connectivity index (χ3v) is 2.22. The molecule has 0 saturated heterocycles. The number of rotatable bonds is 5. The van der Waals surface area contributed by atoms with Gasteiger partial charge in [-0.25, -0.2) is 4.79 Å². The maximum absolute atomic E-state index is 10.7. The molecule has 0 amide bonds. The van der Waals surface area contributed by atoms with Crippen molar-refractivity contribution in [3.63, 3.8) is 0 Å². The lowest BCUT2D eigenvalue weighted by Gasteiger charge is -2.09. The summed E-state index contributed by atoms with van der Waals surface area (Å²) in [5.74, 6) is -0.194. The zero-order valence-corrected chi connectivity index (χ0v) is 9.51. The van der Waals surface area contributed by atoms with Gasteiger partial charge in [-0.2, -0.15) is 0 Å². The molecule has 0 saturated carbocycles. The Bertz CT molecular complexity index is 441. The number of hydrogen-bond acceptors (Lipinski definition) is 5. The Morgan fingerprint density at radius 2 is 2.06 bits per heavy atom. The highest BCUT2D eigenvalue weighted by atomic mass is 16.5. The molecule has 0 fully saturated rings. The van der Waals surface area contributed by atoms with Crippen LogP contribution in [0.4, 0.5) is 0 Å². The lowest BCUT2D eigenvalue weighted by Crippen LogP contribution is -2.16. The third-order valence-electron chi connectivity index (χ3n) is 2.22. The Morgan fingerprint density at radius 3 is 2.53 bits per heavy atom. The van der Waals surface area contributed by atoms with Gasteiger partial charge in [-0.15, -0.1) is 0 Å². The van der Waals surface area contributed by atoms with Crippen LogP contribution in [-0.4, -0.2) is 36.2 Å². The predicted octanol–water partition coefficient (Wildman–Crippen LogP) is 1.16. The molecule has 17 heavy (non-hydrogen) atoms. The van der Waals surface area contributed by atoms with E-state index >= 15 is 0 Å². The minimum absolute atomic E-state index is 0.0288. The van der Waals surface area contributed by atoms with Crippen LogP contribution in [0.1, 0.15) is 5.56 Å². The first-order valence-corrected chi connectivity index (χ1v) is 4.77. The first-order chi connectivity index (χ1) is 8.12. The number of hydrogen-bond donors (Lipinski definition) is 2. The molecule has 0 bridgehead atoms. The van der Waals surface area contributed by atoms with Gasteiger partial charge in [-0.1, -0.05) is 11.2 Å². The summed E-state index contributed by atoms with van der Waals surface area (Å²) in [4.78, 5) is 10.7. The second-order valence-electron chi connectivity index (χ2n) is 3.21. The molecule has 92 valence electrons. The number of aliphatic carboxylic acids is 1. The van der Waals surface area contributed by atoms with Gasteiger partial charge in [0.05, 0.1) is 14.2 Å². The highest BCUT2D eigenvalue weighted by Gasteiger charge is 2.14. The van der Waals surface area contributed by atoms with Gasteiger partial charge in [0, 0.05) is 18.1 Å². The average Bonchev–Trinajstić information content (AvgIpc) is 2.35. The second-order valence-corrected chi connectivity index (χ2v) is 3.21. The van der Waals surface area contributed by atoms with Crippen LogP contribution in [0.5, 0.6) is 11.5 Å². The molecule has 0 unspecified atom stereocenters. The van der Waals surface area contributed by atoms with E-state index in [0.717, 1.165) is 0 Å². The van der Waals surface area contributed by atoms with E-state index in [1.165, 1.54) is 14.2 Å². The second kappa shape index (κ2) is 5.74. The molecule has 1 aromatic carbocycles. The maximum atomic E-state index is 10.7. The zero-order chi connectivity index (χ0) is 12.8. The fraction of sp³-hybridized carbons (Fsp3) is 0.273. The molecule has 6 nitrogen and oxygen atoms in total. The van der Waals surface area contributed by atoms with Crippen LogP contribution in [0.15, 0.2) is 23.4 Å². The zero-order valence-electron chi connectivity index (χ0n) is 9.51. The number of oxime groups is 1. The van der Waals surface area contributed by atoms with E-state index < -0.39 is 5.97 Å². The minimum atomic E-state index is -1.27. The summed E-state index contributed by atoms with van der Waals surface area (Å²) in [5, 5.41) is 20.0. The summed E-state index contributed by atoms with van der Waals surface area (Å²) in [6, 6.07) is 4.96.